The van der Waals surface area contributed by atoms with Crippen LogP contribution in [0.2, 0.25) is 0 Å². The van der Waals surface area contributed by atoms with E-state index in [0.29, 0.717) is 5.95 Å². The lowest BCUT2D eigenvalue weighted by Gasteiger charge is -2.04. The van der Waals surface area contributed by atoms with Crippen LogP contribution in [0.3, 0.4) is 0 Å². The summed E-state index contributed by atoms with van der Waals surface area (Å²) in [4.78, 5) is 0. The van der Waals surface area contributed by atoms with Gasteiger partial charge in [-0.05, 0) is 47.5 Å². The Balaban J connectivity index is 2.57. The van der Waals surface area contributed by atoms with Crippen LogP contribution in [0, 0.1) is 13.8 Å². The van der Waals surface area contributed by atoms with Gasteiger partial charge in [0.2, 0.25) is 5.95 Å². The predicted octanol–water partition coefficient (Wildman–Crippen LogP) is 0.861. The Kier molecular flexibility index (Phi) is 1.92. The van der Waals surface area contributed by atoms with Gasteiger partial charge in [0, 0.05) is 0 Å². The van der Waals surface area contributed by atoms with Crippen LogP contribution in [0.15, 0.2) is 18.2 Å². The molecule has 5 heteroatoms. The van der Waals surface area contributed by atoms with Gasteiger partial charge in [-0.25, -0.2) is 0 Å². The van der Waals surface area contributed by atoms with Gasteiger partial charge in [0.25, 0.3) is 0 Å². The SMILES string of the molecule is Cc1cc(C)cc(-n2nnnc2N)c1. The molecule has 0 bridgehead atoms. The second-order valence-electron chi connectivity index (χ2n) is 3.29. The van der Waals surface area contributed by atoms with E-state index in [4.69, 9.17) is 5.73 Å². The van der Waals surface area contributed by atoms with E-state index in [1.54, 1.807) is 0 Å². The van der Waals surface area contributed by atoms with Crippen LogP contribution in [0.5, 0.6) is 0 Å². The monoisotopic (exact) mass is 189 g/mol. The first-order chi connectivity index (χ1) is 6.66. The van der Waals surface area contributed by atoms with Crippen molar-refractivity contribution in [2.45, 2.75) is 13.8 Å². The first-order valence-electron chi connectivity index (χ1n) is 4.29. The molecule has 0 aliphatic rings. The molecule has 1 heterocycles. The van der Waals surface area contributed by atoms with Gasteiger partial charge < -0.3 is 5.73 Å². The Bertz CT molecular complexity index is 440. The molecule has 0 fully saturated rings. The molecule has 0 amide bonds. The maximum Gasteiger partial charge on any atom is 0.245 e. The number of tetrazole rings is 1. The average molecular weight is 189 g/mol. The van der Waals surface area contributed by atoms with Crippen molar-refractivity contribution in [3.8, 4) is 5.69 Å². The zero-order valence-electron chi connectivity index (χ0n) is 8.10. The molecule has 1 aromatic heterocycles. The van der Waals surface area contributed by atoms with Gasteiger partial charge in [-0.3, -0.25) is 0 Å². The summed E-state index contributed by atoms with van der Waals surface area (Å²) in [7, 11) is 0. The molecule has 0 aliphatic carbocycles. The fourth-order valence-corrected chi connectivity index (χ4v) is 1.45. The maximum absolute atomic E-state index is 5.60. The highest BCUT2D eigenvalue weighted by Crippen LogP contribution is 2.13. The van der Waals surface area contributed by atoms with E-state index >= 15 is 0 Å². The molecule has 0 radical (unpaired) electrons. The summed E-state index contributed by atoms with van der Waals surface area (Å²) < 4.78 is 1.51. The third-order valence-corrected chi connectivity index (χ3v) is 1.94. The number of aromatic nitrogens is 4. The molecule has 0 aliphatic heterocycles. The summed E-state index contributed by atoms with van der Waals surface area (Å²) in [5.74, 6) is 0.301. The largest absolute Gasteiger partial charge is 0.366 e. The molecular formula is C9H11N5. The third kappa shape index (κ3) is 1.44. The van der Waals surface area contributed by atoms with E-state index in [0.717, 1.165) is 16.8 Å². The zero-order chi connectivity index (χ0) is 10.1. The second-order valence-corrected chi connectivity index (χ2v) is 3.29. The number of nitrogens with two attached hydrogens (primary N) is 1. The van der Waals surface area contributed by atoms with E-state index in [-0.39, 0.29) is 0 Å². The maximum atomic E-state index is 5.60. The molecule has 2 rings (SSSR count). The number of aryl methyl sites for hydroxylation is 2. The van der Waals surface area contributed by atoms with E-state index in [2.05, 4.69) is 21.6 Å². The third-order valence-electron chi connectivity index (χ3n) is 1.94. The van der Waals surface area contributed by atoms with Crippen LogP contribution in [0.25, 0.3) is 5.69 Å². The second kappa shape index (κ2) is 3.10. The summed E-state index contributed by atoms with van der Waals surface area (Å²) in [5, 5.41) is 10.9. The molecule has 0 saturated carbocycles. The number of rotatable bonds is 1. The Labute approximate surface area is 81.5 Å². The lowest BCUT2D eigenvalue weighted by atomic mass is 10.1. The Morgan fingerprint density at radius 3 is 2.29 bits per heavy atom. The van der Waals surface area contributed by atoms with Gasteiger partial charge in [-0.15, -0.1) is 0 Å². The quantitative estimate of drug-likeness (QED) is 0.722. The number of anilines is 1. The highest BCUT2D eigenvalue weighted by molar-refractivity contribution is 5.41. The summed E-state index contributed by atoms with van der Waals surface area (Å²) in [6, 6.07) is 6.06. The lowest BCUT2D eigenvalue weighted by Crippen LogP contribution is -2.03. The van der Waals surface area contributed by atoms with E-state index in [1.165, 1.54) is 4.68 Å². The van der Waals surface area contributed by atoms with Crippen LogP contribution < -0.4 is 5.73 Å². The van der Waals surface area contributed by atoms with Crippen molar-refractivity contribution in [3.63, 3.8) is 0 Å². The van der Waals surface area contributed by atoms with Gasteiger partial charge in [-0.1, -0.05) is 11.2 Å². The summed E-state index contributed by atoms with van der Waals surface area (Å²) in [5.41, 5.74) is 8.82. The van der Waals surface area contributed by atoms with E-state index < -0.39 is 0 Å². The van der Waals surface area contributed by atoms with Crippen molar-refractivity contribution in [2.75, 3.05) is 5.73 Å². The minimum atomic E-state index is 0.301. The molecule has 72 valence electrons. The highest BCUT2D eigenvalue weighted by Gasteiger charge is 2.04. The van der Waals surface area contributed by atoms with E-state index in [9.17, 15) is 0 Å². The first-order valence-corrected chi connectivity index (χ1v) is 4.29. The molecule has 14 heavy (non-hydrogen) atoms. The Morgan fingerprint density at radius 2 is 1.79 bits per heavy atom. The van der Waals surface area contributed by atoms with Crippen LogP contribution in [-0.4, -0.2) is 20.2 Å². The molecule has 2 N–H and O–H groups in total. The summed E-state index contributed by atoms with van der Waals surface area (Å²) in [6.07, 6.45) is 0. The van der Waals surface area contributed by atoms with E-state index in [1.807, 2.05) is 26.0 Å². The van der Waals surface area contributed by atoms with Gasteiger partial charge in [-0.2, -0.15) is 4.68 Å². The van der Waals surface area contributed by atoms with Crippen molar-refractivity contribution < 1.29 is 0 Å². The predicted molar refractivity (Wildman–Crippen MR) is 53.0 cm³/mol. The molecular weight excluding hydrogens is 178 g/mol. The molecule has 5 nitrogen and oxygen atoms in total. The fraction of sp³-hybridized carbons (Fsp3) is 0.222. The van der Waals surface area contributed by atoms with Crippen LogP contribution in [0.1, 0.15) is 11.1 Å². The Hall–Kier alpha value is -1.91. The molecule has 2 aromatic rings. The van der Waals surface area contributed by atoms with Crippen molar-refractivity contribution >= 4 is 5.95 Å². The molecule has 0 atom stereocenters. The molecule has 0 spiro atoms. The van der Waals surface area contributed by atoms with Crippen molar-refractivity contribution in [1.82, 2.24) is 20.2 Å². The van der Waals surface area contributed by atoms with Crippen molar-refractivity contribution in [2.24, 2.45) is 0 Å². The van der Waals surface area contributed by atoms with Crippen molar-refractivity contribution in [3.05, 3.63) is 29.3 Å². The number of nitrogen functional groups attached to an aromatic ring is 1. The summed E-state index contributed by atoms with van der Waals surface area (Å²) >= 11 is 0. The molecule has 1 aromatic carbocycles. The zero-order valence-corrected chi connectivity index (χ0v) is 8.10. The van der Waals surface area contributed by atoms with Gasteiger partial charge in [0.15, 0.2) is 0 Å². The molecule has 0 saturated heterocycles. The van der Waals surface area contributed by atoms with Gasteiger partial charge >= 0.3 is 0 Å². The minimum absolute atomic E-state index is 0.301. The number of hydrogen-bond acceptors (Lipinski definition) is 4. The highest BCUT2D eigenvalue weighted by atomic mass is 15.6. The molecule has 0 unspecified atom stereocenters. The summed E-state index contributed by atoms with van der Waals surface area (Å²) in [6.45, 7) is 4.05. The van der Waals surface area contributed by atoms with Crippen LogP contribution in [-0.2, 0) is 0 Å². The lowest BCUT2D eigenvalue weighted by molar-refractivity contribution is 0.791. The normalized spacial score (nSPS) is 10.4. The van der Waals surface area contributed by atoms with Gasteiger partial charge in [0.1, 0.15) is 0 Å². The number of hydrogen-bond donors (Lipinski definition) is 1. The standard InChI is InChI=1S/C9H11N5/c1-6-3-7(2)5-8(4-6)14-9(10)11-12-13-14/h3-5H,1-2H3,(H2,10,11,13). The Morgan fingerprint density at radius 1 is 1.14 bits per heavy atom. The van der Waals surface area contributed by atoms with Gasteiger partial charge in [0.05, 0.1) is 5.69 Å². The topological polar surface area (TPSA) is 69.6 Å². The smallest absolute Gasteiger partial charge is 0.245 e. The number of benzene rings is 1. The van der Waals surface area contributed by atoms with Crippen LogP contribution in [0.4, 0.5) is 5.95 Å². The average Bonchev–Trinajstić information content (AvgIpc) is 2.49. The van der Waals surface area contributed by atoms with Crippen LogP contribution >= 0.6 is 0 Å². The number of nitrogens with zero attached hydrogens (tertiary/aromatic N) is 4. The fourth-order valence-electron chi connectivity index (χ4n) is 1.45. The van der Waals surface area contributed by atoms with Crippen molar-refractivity contribution in [1.29, 1.82) is 0 Å². The first kappa shape index (κ1) is 8.68. The minimum Gasteiger partial charge on any atom is -0.366 e.